The fourth-order valence-corrected chi connectivity index (χ4v) is 1.92. The summed E-state index contributed by atoms with van der Waals surface area (Å²) in [6.45, 7) is 9.84. The standard InChI is InChI=1S/C14H15N.C2H6.2CH4/c1-4-5-8-12-11(2)15(3)14-10-7-6-9-13(12)14;1-2;;/h4-10H,1H2,2-3H3;1-2H3;2*1H4. The van der Waals surface area contributed by atoms with Gasteiger partial charge in [0.1, 0.15) is 0 Å². The van der Waals surface area contributed by atoms with E-state index in [4.69, 9.17) is 0 Å². The van der Waals surface area contributed by atoms with Gasteiger partial charge in [0.25, 0.3) is 0 Å². The minimum Gasteiger partial charge on any atom is -0.347 e. The van der Waals surface area contributed by atoms with E-state index in [1.807, 2.05) is 19.9 Å². The van der Waals surface area contributed by atoms with Gasteiger partial charge in [-0.05, 0) is 13.0 Å². The van der Waals surface area contributed by atoms with Crippen LogP contribution in [0, 0.1) is 6.92 Å². The summed E-state index contributed by atoms with van der Waals surface area (Å²) < 4.78 is 2.22. The third kappa shape index (κ3) is 3.85. The number of para-hydroxylation sites is 1. The fourth-order valence-electron chi connectivity index (χ4n) is 1.92. The molecule has 106 valence electrons. The minimum atomic E-state index is 0. The lowest BCUT2D eigenvalue weighted by molar-refractivity contribution is 0.916. The van der Waals surface area contributed by atoms with Gasteiger partial charge in [-0.2, -0.15) is 0 Å². The van der Waals surface area contributed by atoms with E-state index in [9.17, 15) is 0 Å². The van der Waals surface area contributed by atoms with Gasteiger partial charge >= 0.3 is 0 Å². The maximum Gasteiger partial charge on any atom is 0.0486 e. The molecule has 0 aliphatic rings. The van der Waals surface area contributed by atoms with Gasteiger partial charge in [0.2, 0.25) is 0 Å². The number of aromatic nitrogens is 1. The zero-order valence-corrected chi connectivity index (χ0v) is 11.2. The maximum absolute atomic E-state index is 3.70. The van der Waals surface area contributed by atoms with Crippen LogP contribution in [0.25, 0.3) is 17.0 Å². The summed E-state index contributed by atoms with van der Waals surface area (Å²) in [5, 5.41) is 1.30. The molecule has 1 aromatic heterocycles. The largest absolute Gasteiger partial charge is 0.347 e. The van der Waals surface area contributed by atoms with E-state index in [1.165, 1.54) is 22.2 Å². The van der Waals surface area contributed by atoms with Crippen molar-refractivity contribution in [1.29, 1.82) is 0 Å². The Hall–Kier alpha value is -1.76. The first-order chi connectivity index (χ1) is 8.25. The Labute approximate surface area is 119 Å². The highest BCUT2D eigenvalue weighted by molar-refractivity contribution is 5.91. The monoisotopic (exact) mass is 259 g/mol. The van der Waals surface area contributed by atoms with Crippen molar-refractivity contribution in [3.63, 3.8) is 0 Å². The zero-order chi connectivity index (χ0) is 12.8. The van der Waals surface area contributed by atoms with Crippen LogP contribution >= 0.6 is 0 Å². The third-order valence-electron chi connectivity index (χ3n) is 2.85. The van der Waals surface area contributed by atoms with Crippen LogP contribution in [0.3, 0.4) is 0 Å². The first-order valence-corrected chi connectivity index (χ1v) is 6.09. The number of rotatable bonds is 2. The normalized spacial score (nSPS) is 9.26. The molecule has 0 aliphatic carbocycles. The van der Waals surface area contributed by atoms with Crippen molar-refractivity contribution in [2.45, 2.75) is 35.6 Å². The van der Waals surface area contributed by atoms with E-state index >= 15 is 0 Å². The summed E-state index contributed by atoms with van der Waals surface area (Å²) in [7, 11) is 2.10. The molecule has 2 aromatic rings. The molecule has 0 bridgehead atoms. The Bertz CT molecular complexity index is 530. The number of hydrogen-bond acceptors (Lipinski definition) is 0. The molecule has 0 unspecified atom stereocenters. The second kappa shape index (κ2) is 9.21. The topological polar surface area (TPSA) is 4.93 Å². The van der Waals surface area contributed by atoms with E-state index in [-0.39, 0.29) is 14.9 Å². The number of aryl methyl sites for hydroxylation is 1. The Morgan fingerprint density at radius 2 is 1.68 bits per heavy atom. The molecule has 0 aliphatic heterocycles. The molecule has 1 heteroatoms. The lowest BCUT2D eigenvalue weighted by Crippen LogP contribution is -1.89. The lowest BCUT2D eigenvalue weighted by atomic mass is 10.1. The summed E-state index contributed by atoms with van der Waals surface area (Å²) in [6, 6.07) is 8.45. The summed E-state index contributed by atoms with van der Waals surface area (Å²) in [4.78, 5) is 0. The van der Waals surface area contributed by atoms with Gasteiger partial charge in [0, 0.05) is 29.2 Å². The molecule has 0 radical (unpaired) electrons. The second-order valence-electron chi connectivity index (χ2n) is 3.67. The van der Waals surface area contributed by atoms with Crippen LogP contribution in [0.15, 0.2) is 43.0 Å². The molecule has 19 heavy (non-hydrogen) atoms. The fraction of sp³-hybridized carbons (Fsp3) is 0.333. The number of nitrogens with zero attached hydrogens (tertiary/aromatic N) is 1. The van der Waals surface area contributed by atoms with Crippen LogP contribution in [-0.2, 0) is 7.05 Å². The van der Waals surface area contributed by atoms with Gasteiger partial charge in [0.15, 0.2) is 0 Å². The predicted molar refractivity (Wildman–Crippen MR) is 91.7 cm³/mol. The summed E-state index contributed by atoms with van der Waals surface area (Å²) >= 11 is 0. The molecule has 0 saturated carbocycles. The summed E-state index contributed by atoms with van der Waals surface area (Å²) in [6.07, 6.45) is 5.90. The molecular formula is C18H29N. The average molecular weight is 259 g/mol. The molecule has 0 N–H and O–H groups in total. The highest BCUT2D eigenvalue weighted by Crippen LogP contribution is 2.25. The number of benzene rings is 1. The lowest BCUT2D eigenvalue weighted by Gasteiger charge is -1.97. The molecule has 0 amide bonds. The van der Waals surface area contributed by atoms with Crippen LogP contribution in [-0.4, -0.2) is 4.57 Å². The van der Waals surface area contributed by atoms with Crippen LogP contribution in [0.5, 0.6) is 0 Å². The molecule has 1 nitrogen and oxygen atoms in total. The Morgan fingerprint density at radius 3 is 2.26 bits per heavy atom. The van der Waals surface area contributed by atoms with Gasteiger partial charge in [-0.15, -0.1) is 0 Å². The predicted octanol–water partition coefficient (Wildman–Crippen LogP) is 5.98. The maximum atomic E-state index is 3.70. The van der Waals surface area contributed by atoms with Crippen molar-refractivity contribution in [3.05, 3.63) is 54.3 Å². The highest BCUT2D eigenvalue weighted by Gasteiger charge is 2.07. The Balaban J connectivity index is 0. The van der Waals surface area contributed by atoms with Crippen LogP contribution in [0.1, 0.15) is 40.0 Å². The number of allylic oxidation sites excluding steroid dienone is 2. The van der Waals surface area contributed by atoms with E-state index in [2.05, 4.69) is 55.5 Å². The summed E-state index contributed by atoms with van der Waals surface area (Å²) in [5.41, 5.74) is 3.85. The third-order valence-corrected chi connectivity index (χ3v) is 2.85. The molecular weight excluding hydrogens is 230 g/mol. The highest BCUT2D eigenvalue weighted by atomic mass is 14.9. The molecule has 1 aromatic carbocycles. The Morgan fingerprint density at radius 1 is 1.11 bits per heavy atom. The minimum absolute atomic E-state index is 0. The van der Waals surface area contributed by atoms with E-state index in [0.717, 1.165) is 0 Å². The number of hydrogen-bond donors (Lipinski definition) is 0. The Kier molecular flexibility index (Phi) is 9.49. The van der Waals surface area contributed by atoms with Gasteiger partial charge in [0.05, 0.1) is 0 Å². The average Bonchev–Trinajstić information content (AvgIpc) is 2.63. The van der Waals surface area contributed by atoms with Crippen molar-refractivity contribution in [2.24, 2.45) is 7.05 Å². The van der Waals surface area contributed by atoms with E-state index in [0.29, 0.717) is 0 Å². The van der Waals surface area contributed by atoms with Crippen molar-refractivity contribution < 1.29 is 0 Å². The molecule has 0 saturated heterocycles. The van der Waals surface area contributed by atoms with Crippen LogP contribution in [0.4, 0.5) is 0 Å². The SMILES string of the molecule is C.C.C=CC=Cc1c(C)n(C)c2ccccc12.CC. The molecule has 2 rings (SSSR count). The molecule has 0 atom stereocenters. The molecule has 0 spiro atoms. The first kappa shape index (κ1) is 19.6. The van der Waals surface area contributed by atoms with E-state index in [1.54, 1.807) is 6.08 Å². The van der Waals surface area contributed by atoms with Gasteiger partial charge < -0.3 is 4.57 Å². The van der Waals surface area contributed by atoms with Crippen LogP contribution < -0.4 is 0 Å². The van der Waals surface area contributed by atoms with E-state index < -0.39 is 0 Å². The van der Waals surface area contributed by atoms with Gasteiger partial charge in [-0.25, -0.2) is 0 Å². The quantitative estimate of drug-likeness (QED) is 0.584. The number of fused-ring (bicyclic) bond motifs is 1. The van der Waals surface area contributed by atoms with Crippen molar-refractivity contribution >= 4 is 17.0 Å². The summed E-state index contributed by atoms with van der Waals surface area (Å²) in [5.74, 6) is 0. The zero-order valence-electron chi connectivity index (χ0n) is 11.2. The smallest absolute Gasteiger partial charge is 0.0486 e. The van der Waals surface area contributed by atoms with Crippen molar-refractivity contribution in [2.75, 3.05) is 0 Å². The van der Waals surface area contributed by atoms with Crippen molar-refractivity contribution in [1.82, 2.24) is 4.57 Å². The second-order valence-corrected chi connectivity index (χ2v) is 3.67. The van der Waals surface area contributed by atoms with Gasteiger partial charge in [-0.1, -0.05) is 71.7 Å². The van der Waals surface area contributed by atoms with Gasteiger partial charge in [-0.3, -0.25) is 0 Å². The molecule has 1 heterocycles. The first-order valence-electron chi connectivity index (χ1n) is 6.09. The van der Waals surface area contributed by atoms with Crippen molar-refractivity contribution in [3.8, 4) is 0 Å². The van der Waals surface area contributed by atoms with Crippen LogP contribution in [0.2, 0.25) is 0 Å². The molecule has 0 fully saturated rings.